The SMILES string of the molecule is CCCCCCOc1ccccc1/C=N/Nc1nc(-c2ccccc2)cc(=O)[nH]1. The average Bonchev–Trinajstić information content (AvgIpc) is 2.75. The molecule has 3 aromatic rings. The van der Waals surface area contributed by atoms with Gasteiger partial charge in [-0.2, -0.15) is 5.10 Å². The molecule has 2 N–H and O–H groups in total. The van der Waals surface area contributed by atoms with Crippen LogP contribution in [0.15, 0.2) is 70.6 Å². The number of benzene rings is 2. The molecule has 6 nitrogen and oxygen atoms in total. The van der Waals surface area contributed by atoms with Crippen molar-refractivity contribution in [1.29, 1.82) is 0 Å². The van der Waals surface area contributed by atoms with Gasteiger partial charge in [-0.15, -0.1) is 0 Å². The number of aromatic amines is 1. The number of para-hydroxylation sites is 1. The Kier molecular flexibility index (Phi) is 7.57. The maximum Gasteiger partial charge on any atom is 0.252 e. The molecule has 1 heterocycles. The number of rotatable bonds is 10. The molecule has 0 bridgehead atoms. The Morgan fingerprint density at radius 1 is 1.07 bits per heavy atom. The Morgan fingerprint density at radius 2 is 1.86 bits per heavy atom. The second-order valence-electron chi connectivity index (χ2n) is 6.66. The van der Waals surface area contributed by atoms with Crippen LogP contribution >= 0.6 is 0 Å². The topological polar surface area (TPSA) is 79.4 Å². The summed E-state index contributed by atoms with van der Waals surface area (Å²) < 4.78 is 5.89. The minimum absolute atomic E-state index is 0.243. The van der Waals surface area contributed by atoms with Crippen molar-refractivity contribution < 1.29 is 4.74 Å². The molecule has 0 aliphatic heterocycles. The van der Waals surface area contributed by atoms with Gasteiger partial charge in [0.15, 0.2) is 0 Å². The van der Waals surface area contributed by atoms with E-state index in [1.807, 2.05) is 54.6 Å². The average molecular weight is 390 g/mol. The van der Waals surface area contributed by atoms with Crippen LogP contribution in [0.25, 0.3) is 11.3 Å². The fourth-order valence-electron chi connectivity index (χ4n) is 2.86. The highest BCUT2D eigenvalue weighted by molar-refractivity contribution is 5.83. The van der Waals surface area contributed by atoms with Crippen molar-refractivity contribution in [1.82, 2.24) is 9.97 Å². The first-order valence-electron chi connectivity index (χ1n) is 9.94. The molecule has 0 unspecified atom stereocenters. The zero-order valence-electron chi connectivity index (χ0n) is 16.6. The van der Waals surface area contributed by atoms with Crippen molar-refractivity contribution in [3.05, 3.63) is 76.6 Å². The van der Waals surface area contributed by atoms with Gasteiger partial charge in [0.25, 0.3) is 5.56 Å². The van der Waals surface area contributed by atoms with Crippen LogP contribution in [0, 0.1) is 0 Å². The van der Waals surface area contributed by atoms with E-state index in [0.29, 0.717) is 12.3 Å². The third-order valence-electron chi connectivity index (χ3n) is 4.36. The highest BCUT2D eigenvalue weighted by Gasteiger charge is 2.04. The molecule has 2 aromatic carbocycles. The molecular formula is C23H26N4O2. The number of ether oxygens (including phenoxy) is 1. The van der Waals surface area contributed by atoms with Crippen LogP contribution in [0.3, 0.4) is 0 Å². The normalized spacial score (nSPS) is 10.9. The number of hydrogen-bond acceptors (Lipinski definition) is 5. The smallest absolute Gasteiger partial charge is 0.252 e. The Bertz CT molecular complexity index is 983. The molecule has 0 aliphatic carbocycles. The van der Waals surface area contributed by atoms with Crippen molar-refractivity contribution in [2.24, 2.45) is 5.10 Å². The fourth-order valence-corrected chi connectivity index (χ4v) is 2.86. The quantitative estimate of drug-likeness (QED) is 0.295. The molecule has 150 valence electrons. The van der Waals surface area contributed by atoms with E-state index in [1.54, 1.807) is 6.21 Å². The predicted octanol–water partition coefficient (Wildman–Crippen LogP) is 4.84. The summed E-state index contributed by atoms with van der Waals surface area (Å²) in [5.74, 6) is 1.07. The lowest BCUT2D eigenvalue weighted by Gasteiger charge is -2.08. The summed E-state index contributed by atoms with van der Waals surface area (Å²) >= 11 is 0. The molecular weight excluding hydrogens is 364 g/mol. The van der Waals surface area contributed by atoms with E-state index in [-0.39, 0.29) is 11.5 Å². The van der Waals surface area contributed by atoms with Gasteiger partial charge in [0, 0.05) is 17.2 Å². The van der Waals surface area contributed by atoms with E-state index in [2.05, 4.69) is 27.4 Å². The van der Waals surface area contributed by atoms with Gasteiger partial charge in [-0.05, 0) is 18.6 Å². The Morgan fingerprint density at radius 3 is 2.69 bits per heavy atom. The van der Waals surface area contributed by atoms with Crippen molar-refractivity contribution >= 4 is 12.2 Å². The fraction of sp³-hybridized carbons (Fsp3) is 0.261. The van der Waals surface area contributed by atoms with E-state index < -0.39 is 0 Å². The zero-order valence-corrected chi connectivity index (χ0v) is 16.6. The van der Waals surface area contributed by atoms with Crippen molar-refractivity contribution in [2.75, 3.05) is 12.0 Å². The van der Waals surface area contributed by atoms with Crippen LogP contribution in [0.1, 0.15) is 38.2 Å². The highest BCUT2D eigenvalue weighted by Crippen LogP contribution is 2.17. The lowest BCUT2D eigenvalue weighted by molar-refractivity contribution is 0.304. The number of nitrogens with zero attached hydrogens (tertiary/aromatic N) is 2. The summed E-state index contributed by atoms with van der Waals surface area (Å²) in [4.78, 5) is 19.0. The van der Waals surface area contributed by atoms with E-state index in [0.717, 1.165) is 23.3 Å². The molecule has 0 fully saturated rings. The number of nitrogens with one attached hydrogen (secondary N) is 2. The number of hydrogen-bond donors (Lipinski definition) is 2. The van der Waals surface area contributed by atoms with Crippen LogP contribution in [0.4, 0.5) is 5.95 Å². The van der Waals surface area contributed by atoms with Gasteiger partial charge in [-0.25, -0.2) is 10.4 Å². The Labute approximate surface area is 170 Å². The van der Waals surface area contributed by atoms with Gasteiger partial charge in [0.05, 0.1) is 18.5 Å². The molecule has 1 aromatic heterocycles. The maximum atomic E-state index is 12.0. The van der Waals surface area contributed by atoms with Crippen LogP contribution in [-0.2, 0) is 0 Å². The third-order valence-corrected chi connectivity index (χ3v) is 4.36. The van der Waals surface area contributed by atoms with Gasteiger partial charge in [0.1, 0.15) is 5.75 Å². The molecule has 0 radical (unpaired) electrons. The number of anilines is 1. The lowest BCUT2D eigenvalue weighted by atomic mass is 10.1. The van der Waals surface area contributed by atoms with E-state index in [9.17, 15) is 4.79 Å². The van der Waals surface area contributed by atoms with Crippen molar-refractivity contribution in [3.8, 4) is 17.0 Å². The first-order chi connectivity index (χ1) is 14.3. The molecule has 0 atom stereocenters. The van der Waals surface area contributed by atoms with Crippen LogP contribution in [0.5, 0.6) is 5.75 Å². The van der Waals surface area contributed by atoms with Crippen LogP contribution < -0.4 is 15.7 Å². The van der Waals surface area contributed by atoms with Crippen LogP contribution in [-0.4, -0.2) is 22.8 Å². The lowest BCUT2D eigenvalue weighted by Crippen LogP contribution is -2.10. The second kappa shape index (κ2) is 10.8. The zero-order chi connectivity index (χ0) is 20.3. The summed E-state index contributed by atoms with van der Waals surface area (Å²) in [5.41, 5.74) is 4.87. The molecule has 0 saturated heterocycles. The van der Waals surface area contributed by atoms with Crippen LogP contribution in [0.2, 0.25) is 0 Å². The van der Waals surface area contributed by atoms with Gasteiger partial charge >= 0.3 is 0 Å². The molecule has 0 aliphatic rings. The highest BCUT2D eigenvalue weighted by atomic mass is 16.5. The minimum Gasteiger partial charge on any atom is -0.493 e. The molecule has 0 spiro atoms. The minimum atomic E-state index is -0.243. The van der Waals surface area contributed by atoms with Crippen molar-refractivity contribution in [2.45, 2.75) is 32.6 Å². The van der Waals surface area contributed by atoms with Gasteiger partial charge in [0.2, 0.25) is 5.95 Å². The monoisotopic (exact) mass is 390 g/mol. The van der Waals surface area contributed by atoms with E-state index in [4.69, 9.17) is 4.74 Å². The molecule has 0 saturated carbocycles. The summed E-state index contributed by atoms with van der Waals surface area (Å²) in [7, 11) is 0. The summed E-state index contributed by atoms with van der Waals surface area (Å²) in [6, 6.07) is 18.7. The summed E-state index contributed by atoms with van der Waals surface area (Å²) in [6.07, 6.45) is 6.30. The number of aromatic nitrogens is 2. The number of unbranched alkanes of at least 4 members (excludes halogenated alkanes) is 3. The van der Waals surface area contributed by atoms with Gasteiger partial charge < -0.3 is 4.74 Å². The molecule has 29 heavy (non-hydrogen) atoms. The molecule has 0 amide bonds. The predicted molar refractivity (Wildman–Crippen MR) is 118 cm³/mol. The number of H-pyrrole nitrogens is 1. The Hall–Kier alpha value is -3.41. The second-order valence-corrected chi connectivity index (χ2v) is 6.66. The molecule has 6 heteroatoms. The van der Waals surface area contributed by atoms with E-state index >= 15 is 0 Å². The Balaban J connectivity index is 1.66. The summed E-state index contributed by atoms with van der Waals surface area (Å²) in [6.45, 7) is 2.88. The third kappa shape index (κ3) is 6.31. The van der Waals surface area contributed by atoms with Crippen molar-refractivity contribution in [3.63, 3.8) is 0 Å². The maximum absolute atomic E-state index is 12.0. The largest absolute Gasteiger partial charge is 0.493 e. The molecule has 3 rings (SSSR count). The van der Waals surface area contributed by atoms with Gasteiger partial charge in [-0.3, -0.25) is 9.78 Å². The standard InChI is InChI=1S/C23H26N4O2/c1-2-3-4-10-15-29-21-14-9-8-13-19(21)17-24-27-23-25-20(16-22(28)26-23)18-11-6-5-7-12-18/h5-9,11-14,16-17H,2-4,10,15H2,1H3,(H2,25,26,27,28)/b24-17+. The summed E-state index contributed by atoms with van der Waals surface area (Å²) in [5, 5.41) is 4.22. The first-order valence-corrected chi connectivity index (χ1v) is 9.94. The number of hydrazone groups is 1. The van der Waals surface area contributed by atoms with E-state index in [1.165, 1.54) is 25.3 Å². The van der Waals surface area contributed by atoms with Gasteiger partial charge in [-0.1, -0.05) is 68.7 Å². The first kappa shape index (κ1) is 20.3.